The molecule has 0 unspecified atom stereocenters. The van der Waals surface area contributed by atoms with E-state index >= 15 is 0 Å². The van der Waals surface area contributed by atoms with Gasteiger partial charge in [0.1, 0.15) is 0 Å². The van der Waals surface area contributed by atoms with E-state index in [-0.39, 0.29) is 0 Å². The topological polar surface area (TPSA) is 32.7 Å². The Bertz CT molecular complexity index is 657. The lowest BCUT2D eigenvalue weighted by Crippen LogP contribution is -2.40. The van der Waals surface area contributed by atoms with Crippen molar-refractivity contribution in [2.24, 2.45) is 0 Å². The van der Waals surface area contributed by atoms with Gasteiger partial charge >= 0.3 is 0 Å². The Labute approximate surface area is 158 Å². The summed E-state index contributed by atoms with van der Waals surface area (Å²) in [7, 11) is 0. The monoisotopic (exact) mass is 355 g/mol. The number of hydrogen-bond donors (Lipinski definition) is 1. The number of benzene rings is 2. The van der Waals surface area contributed by atoms with Crippen molar-refractivity contribution in [3.8, 4) is 0 Å². The normalized spacial score (nSPS) is 13.8. The zero-order chi connectivity index (χ0) is 18.9. The second kappa shape index (κ2) is 10.5. The van der Waals surface area contributed by atoms with Gasteiger partial charge in [-0.25, -0.2) is 0 Å². The molecule has 0 aromatic heterocycles. The Morgan fingerprint density at radius 1 is 1.08 bits per heavy atom. The zero-order valence-corrected chi connectivity index (χ0v) is 16.6. The molecule has 3 nitrogen and oxygen atoms in total. The Hall–Kier alpha value is -1.68. The van der Waals surface area contributed by atoms with Gasteiger partial charge in [0.15, 0.2) is 0 Å². The molecule has 0 saturated heterocycles. The van der Waals surface area contributed by atoms with Gasteiger partial charge in [0.2, 0.25) is 0 Å². The maximum absolute atomic E-state index is 10.5. The minimum absolute atomic E-state index is 0.356. The fourth-order valence-electron chi connectivity index (χ4n) is 3.06. The van der Waals surface area contributed by atoms with Crippen LogP contribution in [0.3, 0.4) is 0 Å². The molecule has 2 aromatic rings. The summed E-state index contributed by atoms with van der Waals surface area (Å²) in [5.41, 5.74) is 5.05. The van der Waals surface area contributed by atoms with Crippen LogP contribution in [0.15, 0.2) is 48.5 Å². The van der Waals surface area contributed by atoms with Crippen molar-refractivity contribution < 1.29 is 9.84 Å². The lowest BCUT2D eigenvalue weighted by Gasteiger charge is -2.31. The van der Waals surface area contributed by atoms with Crippen LogP contribution in [0.25, 0.3) is 0 Å². The van der Waals surface area contributed by atoms with Crippen LogP contribution in [0, 0.1) is 13.8 Å². The van der Waals surface area contributed by atoms with Crippen molar-refractivity contribution >= 4 is 0 Å². The quantitative estimate of drug-likeness (QED) is 0.682. The maximum Gasteiger partial charge on any atom is 0.0900 e. The van der Waals surface area contributed by atoms with E-state index in [1.807, 2.05) is 30.3 Å². The van der Waals surface area contributed by atoms with Crippen LogP contribution in [-0.2, 0) is 17.9 Å². The van der Waals surface area contributed by atoms with Crippen LogP contribution >= 0.6 is 0 Å². The van der Waals surface area contributed by atoms with E-state index in [0.717, 1.165) is 18.5 Å². The van der Waals surface area contributed by atoms with Gasteiger partial charge in [-0.2, -0.15) is 0 Å². The van der Waals surface area contributed by atoms with Crippen molar-refractivity contribution in [3.05, 3.63) is 70.8 Å². The number of aliphatic hydroxyl groups excluding tert-OH is 1. The second-order valence-electron chi connectivity index (χ2n) is 7.27. The second-order valence-corrected chi connectivity index (χ2v) is 7.27. The molecule has 142 valence electrons. The highest BCUT2D eigenvalue weighted by molar-refractivity contribution is 5.30. The van der Waals surface area contributed by atoms with Crippen molar-refractivity contribution in [2.75, 3.05) is 13.2 Å². The lowest BCUT2D eigenvalue weighted by molar-refractivity contribution is 0.00141. The van der Waals surface area contributed by atoms with Crippen molar-refractivity contribution in [1.29, 1.82) is 0 Å². The van der Waals surface area contributed by atoms with E-state index in [2.05, 4.69) is 50.8 Å². The first-order valence-electron chi connectivity index (χ1n) is 9.59. The SMILES string of the molecule is CC[C@@H](C)N(Cc1cc(C)ccc1C)C[C@H](O)COCc1ccccc1. The molecule has 0 radical (unpaired) electrons. The van der Waals surface area contributed by atoms with Crippen LogP contribution in [0.4, 0.5) is 0 Å². The third-order valence-electron chi connectivity index (χ3n) is 4.96. The van der Waals surface area contributed by atoms with E-state index in [4.69, 9.17) is 4.74 Å². The Morgan fingerprint density at radius 3 is 2.50 bits per heavy atom. The summed E-state index contributed by atoms with van der Waals surface area (Å²) in [6.07, 6.45) is 0.570. The van der Waals surface area contributed by atoms with E-state index in [0.29, 0.717) is 25.8 Å². The van der Waals surface area contributed by atoms with Crippen molar-refractivity contribution in [1.82, 2.24) is 4.90 Å². The molecule has 0 bridgehead atoms. The molecule has 2 aromatic carbocycles. The zero-order valence-electron chi connectivity index (χ0n) is 16.6. The molecule has 3 heteroatoms. The summed E-state index contributed by atoms with van der Waals surface area (Å²) in [6, 6.07) is 17.1. The molecule has 2 atom stereocenters. The summed E-state index contributed by atoms with van der Waals surface area (Å²) in [6.45, 7) is 11.1. The average molecular weight is 356 g/mol. The third kappa shape index (κ3) is 6.56. The highest BCUT2D eigenvalue weighted by Crippen LogP contribution is 2.17. The van der Waals surface area contributed by atoms with Gasteiger partial charge in [-0.05, 0) is 43.9 Å². The Balaban J connectivity index is 1.91. The summed E-state index contributed by atoms with van der Waals surface area (Å²) in [4.78, 5) is 2.36. The predicted octanol–water partition coefficient (Wildman–Crippen LogP) is 4.48. The van der Waals surface area contributed by atoms with Gasteiger partial charge < -0.3 is 9.84 Å². The van der Waals surface area contributed by atoms with Crippen LogP contribution in [-0.4, -0.2) is 35.3 Å². The molecule has 0 saturated carbocycles. The minimum atomic E-state index is -0.488. The van der Waals surface area contributed by atoms with Gasteiger partial charge in [-0.15, -0.1) is 0 Å². The first-order valence-corrected chi connectivity index (χ1v) is 9.59. The van der Waals surface area contributed by atoms with E-state index < -0.39 is 6.10 Å². The molecule has 0 aliphatic heterocycles. The molecule has 0 amide bonds. The largest absolute Gasteiger partial charge is 0.389 e. The number of nitrogens with zero attached hydrogens (tertiary/aromatic N) is 1. The molecule has 0 aliphatic rings. The third-order valence-corrected chi connectivity index (χ3v) is 4.96. The number of aryl methyl sites for hydroxylation is 2. The highest BCUT2D eigenvalue weighted by atomic mass is 16.5. The molecule has 2 rings (SSSR count). The maximum atomic E-state index is 10.5. The van der Waals surface area contributed by atoms with Gasteiger partial charge in [-0.1, -0.05) is 61.0 Å². The molecule has 1 N–H and O–H groups in total. The smallest absolute Gasteiger partial charge is 0.0900 e. The fourth-order valence-corrected chi connectivity index (χ4v) is 3.06. The molecule has 26 heavy (non-hydrogen) atoms. The van der Waals surface area contributed by atoms with Gasteiger partial charge in [0.05, 0.1) is 19.3 Å². The predicted molar refractivity (Wildman–Crippen MR) is 108 cm³/mol. The van der Waals surface area contributed by atoms with Crippen LogP contribution < -0.4 is 0 Å². The lowest BCUT2D eigenvalue weighted by atomic mass is 10.0. The van der Waals surface area contributed by atoms with Gasteiger partial charge in [-0.3, -0.25) is 4.90 Å². The van der Waals surface area contributed by atoms with Crippen molar-refractivity contribution in [3.63, 3.8) is 0 Å². The molecule has 0 fully saturated rings. The average Bonchev–Trinajstić information content (AvgIpc) is 2.64. The molecule has 0 aliphatic carbocycles. The first-order chi connectivity index (χ1) is 12.5. The highest BCUT2D eigenvalue weighted by Gasteiger charge is 2.18. The summed E-state index contributed by atoms with van der Waals surface area (Å²) >= 11 is 0. The van der Waals surface area contributed by atoms with E-state index in [1.165, 1.54) is 16.7 Å². The molecule has 0 spiro atoms. The first kappa shape index (κ1) is 20.6. The van der Waals surface area contributed by atoms with Crippen LogP contribution in [0.2, 0.25) is 0 Å². The summed E-state index contributed by atoms with van der Waals surface area (Å²) in [5.74, 6) is 0. The molecular formula is C23H33NO2. The summed E-state index contributed by atoms with van der Waals surface area (Å²) < 4.78 is 5.71. The number of ether oxygens (including phenoxy) is 1. The summed E-state index contributed by atoms with van der Waals surface area (Å²) in [5, 5.41) is 10.5. The van der Waals surface area contributed by atoms with Crippen LogP contribution in [0.1, 0.15) is 42.5 Å². The Morgan fingerprint density at radius 2 is 1.81 bits per heavy atom. The van der Waals surface area contributed by atoms with E-state index in [1.54, 1.807) is 0 Å². The Kier molecular flexibility index (Phi) is 8.30. The van der Waals surface area contributed by atoms with E-state index in [9.17, 15) is 5.11 Å². The number of hydrogen-bond acceptors (Lipinski definition) is 3. The minimum Gasteiger partial charge on any atom is -0.389 e. The fraction of sp³-hybridized carbons (Fsp3) is 0.478. The van der Waals surface area contributed by atoms with Crippen LogP contribution in [0.5, 0.6) is 0 Å². The number of aliphatic hydroxyl groups is 1. The standard InChI is InChI=1S/C23H33NO2/c1-5-20(4)24(14-22-13-18(2)11-12-19(22)3)15-23(25)17-26-16-21-9-7-6-8-10-21/h6-13,20,23,25H,5,14-17H2,1-4H3/t20-,23+/m1/s1. The van der Waals surface area contributed by atoms with Gasteiger partial charge in [0, 0.05) is 19.1 Å². The number of rotatable bonds is 10. The van der Waals surface area contributed by atoms with Gasteiger partial charge in [0.25, 0.3) is 0 Å². The molecule has 0 heterocycles. The van der Waals surface area contributed by atoms with Crippen molar-refractivity contribution in [2.45, 2.75) is 59.4 Å². The molecular weight excluding hydrogens is 322 g/mol.